The molecular weight excluding hydrogens is 292 g/mol. The van der Waals surface area contributed by atoms with Gasteiger partial charge in [0.05, 0.1) is 0 Å². The lowest BCUT2D eigenvalue weighted by Gasteiger charge is -2.11. The van der Waals surface area contributed by atoms with Crippen LogP contribution in [-0.2, 0) is 0 Å². The highest BCUT2D eigenvalue weighted by atomic mass is 16.5. The minimum absolute atomic E-state index is 0.00602. The largest absolute Gasteiger partial charge is 0.420 e. The molecule has 0 N–H and O–H groups in total. The maximum atomic E-state index is 12.4. The Kier molecular flexibility index (Phi) is 3.60. The lowest BCUT2D eigenvalue weighted by atomic mass is 10.1. The molecule has 0 aliphatic rings. The maximum Gasteiger partial charge on any atom is 0.383 e. The van der Waals surface area contributed by atoms with Gasteiger partial charge >= 0.3 is 5.97 Å². The van der Waals surface area contributed by atoms with Gasteiger partial charge in [0.2, 0.25) is 0 Å². The molecule has 0 aliphatic carbocycles. The van der Waals surface area contributed by atoms with Crippen LogP contribution in [0.2, 0.25) is 0 Å². The number of nitrogens with zero attached hydrogens (tertiary/aromatic N) is 4. The van der Waals surface area contributed by atoms with Gasteiger partial charge in [0.25, 0.3) is 11.6 Å². The van der Waals surface area contributed by atoms with E-state index in [0.717, 1.165) is 28.1 Å². The topological polar surface area (TPSA) is 69.4 Å². The Labute approximate surface area is 134 Å². The fraction of sp³-hybridized carbons (Fsp3) is 0.294. The van der Waals surface area contributed by atoms with Crippen LogP contribution in [0.5, 0.6) is 5.75 Å². The van der Waals surface area contributed by atoms with Gasteiger partial charge in [0.1, 0.15) is 5.75 Å². The predicted molar refractivity (Wildman–Crippen MR) is 85.9 cm³/mol. The average Bonchev–Trinajstić information content (AvgIpc) is 2.92. The number of hydrogen-bond donors (Lipinski definition) is 0. The molecule has 0 spiro atoms. The first kappa shape index (κ1) is 15.1. The second-order valence-electron chi connectivity index (χ2n) is 5.73. The molecule has 0 atom stereocenters. The van der Waals surface area contributed by atoms with Crippen LogP contribution in [0, 0.1) is 34.6 Å². The van der Waals surface area contributed by atoms with E-state index in [1.54, 1.807) is 4.52 Å². The zero-order valence-electron chi connectivity index (χ0n) is 13.8. The van der Waals surface area contributed by atoms with Crippen LogP contribution in [0.15, 0.2) is 18.2 Å². The van der Waals surface area contributed by atoms with Gasteiger partial charge < -0.3 is 4.74 Å². The van der Waals surface area contributed by atoms with Gasteiger partial charge in [-0.25, -0.2) is 14.3 Å². The number of fused-ring (bicyclic) bond motifs is 1. The molecule has 0 saturated heterocycles. The maximum absolute atomic E-state index is 12.4. The Bertz CT molecular complexity index is 928. The van der Waals surface area contributed by atoms with Crippen molar-refractivity contribution < 1.29 is 9.53 Å². The van der Waals surface area contributed by atoms with Crippen molar-refractivity contribution in [2.75, 3.05) is 0 Å². The van der Waals surface area contributed by atoms with Crippen molar-refractivity contribution in [2.45, 2.75) is 34.6 Å². The number of esters is 1. The molecule has 3 rings (SSSR count). The summed E-state index contributed by atoms with van der Waals surface area (Å²) in [7, 11) is 0. The van der Waals surface area contributed by atoms with Gasteiger partial charge in [-0.1, -0.05) is 12.1 Å². The SMILES string of the molecule is Cc1cc(C)n2nc(C(=O)Oc3c(C)ccc(C)c3C)nc2n1. The van der Waals surface area contributed by atoms with Crippen LogP contribution >= 0.6 is 0 Å². The molecule has 0 bridgehead atoms. The summed E-state index contributed by atoms with van der Waals surface area (Å²) in [6.45, 7) is 9.57. The Morgan fingerprint density at radius 3 is 2.48 bits per heavy atom. The normalized spacial score (nSPS) is 11.0. The molecule has 6 nitrogen and oxygen atoms in total. The molecule has 0 fully saturated rings. The van der Waals surface area contributed by atoms with Crippen molar-refractivity contribution >= 4 is 11.7 Å². The van der Waals surface area contributed by atoms with E-state index in [-0.39, 0.29) is 5.82 Å². The van der Waals surface area contributed by atoms with Gasteiger partial charge in [0, 0.05) is 11.4 Å². The van der Waals surface area contributed by atoms with Crippen molar-refractivity contribution in [3.63, 3.8) is 0 Å². The predicted octanol–water partition coefficient (Wildman–Crippen LogP) is 2.89. The van der Waals surface area contributed by atoms with Crippen molar-refractivity contribution in [2.24, 2.45) is 0 Å². The van der Waals surface area contributed by atoms with E-state index in [4.69, 9.17) is 4.74 Å². The van der Waals surface area contributed by atoms with E-state index < -0.39 is 5.97 Å². The summed E-state index contributed by atoms with van der Waals surface area (Å²) in [5.41, 5.74) is 4.59. The van der Waals surface area contributed by atoms with Crippen LogP contribution in [0.25, 0.3) is 5.78 Å². The summed E-state index contributed by atoms with van der Waals surface area (Å²) in [6.07, 6.45) is 0. The first-order valence-corrected chi connectivity index (χ1v) is 7.37. The van der Waals surface area contributed by atoms with Gasteiger partial charge in [0.15, 0.2) is 0 Å². The molecule has 3 aromatic rings. The summed E-state index contributed by atoms with van der Waals surface area (Å²) in [5, 5.41) is 4.20. The average molecular weight is 310 g/mol. The zero-order chi connectivity index (χ0) is 16.7. The number of carbonyl (C=O) groups excluding carboxylic acids is 1. The highest BCUT2D eigenvalue weighted by Gasteiger charge is 2.19. The Morgan fingerprint density at radius 1 is 1.04 bits per heavy atom. The van der Waals surface area contributed by atoms with Crippen LogP contribution < -0.4 is 4.74 Å². The quantitative estimate of drug-likeness (QED) is 0.538. The van der Waals surface area contributed by atoms with Gasteiger partial charge in [-0.3, -0.25) is 0 Å². The second-order valence-corrected chi connectivity index (χ2v) is 5.73. The number of hydrogen-bond acceptors (Lipinski definition) is 5. The summed E-state index contributed by atoms with van der Waals surface area (Å²) in [4.78, 5) is 20.9. The third kappa shape index (κ3) is 2.67. The Hall–Kier alpha value is -2.76. The van der Waals surface area contributed by atoms with Gasteiger partial charge in [-0.2, -0.15) is 4.98 Å². The van der Waals surface area contributed by atoms with E-state index in [9.17, 15) is 4.79 Å². The molecule has 0 unspecified atom stereocenters. The molecule has 2 aromatic heterocycles. The van der Waals surface area contributed by atoms with E-state index in [1.807, 2.05) is 52.8 Å². The fourth-order valence-electron chi connectivity index (χ4n) is 2.47. The summed E-state index contributed by atoms with van der Waals surface area (Å²) in [5.74, 6) is 0.387. The van der Waals surface area contributed by atoms with E-state index >= 15 is 0 Å². The van der Waals surface area contributed by atoms with Crippen LogP contribution in [0.4, 0.5) is 0 Å². The molecule has 0 aliphatic heterocycles. The standard InChI is InChI=1S/C17H18N4O2/c1-9-6-7-10(2)14(13(9)5)23-16(22)15-19-17-18-11(3)8-12(4)21(17)20-15/h6-8H,1-5H3. The molecule has 23 heavy (non-hydrogen) atoms. The fourth-order valence-corrected chi connectivity index (χ4v) is 2.47. The van der Waals surface area contributed by atoms with Gasteiger partial charge in [-0.05, 0) is 57.4 Å². The minimum Gasteiger partial charge on any atom is -0.420 e. The number of aromatic nitrogens is 4. The number of aryl methyl sites for hydroxylation is 4. The lowest BCUT2D eigenvalue weighted by molar-refractivity contribution is 0.0719. The van der Waals surface area contributed by atoms with Crippen molar-refractivity contribution in [3.05, 3.63) is 52.1 Å². The Balaban J connectivity index is 1.99. The number of benzene rings is 1. The molecule has 0 radical (unpaired) electrons. The van der Waals surface area contributed by atoms with E-state index in [1.165, 1.54) is 0 Å². The molecule has 6 heteroatoms. The monoisotopic (exact) mass is 310 g/mol. The number of carbonyl (C=O) groups is 1. The van der Waals surface area contributed by atoms with Crippen LogP contribution in [0.3, 0.4) is 0 Å². The molecule has 1 aromatic carbocycles. The zero-order valence-corrected chi connectivity index (χ0v) is 13.8. The molecule has 118 valence electrons. The van der Waals surface area contributed by atoms with Crippen molar-refractivity contribution in [1.29, 1.82) is 0 Å². The molecular formula is C17H18N4O2. The molecule has 2 heterocycles. The number of rotatable bonds is 2. The summed E-state index contributed by atoms with van der Waals surface area (Å²) < 4.78 is 7.08. The van der Waals surface area contributed by atoms with Gasteiger partial charge in [-0.15, -0.1) is 5.10 Å². The van der Waals surface area contributed by atoms with Crippen molar-refractivity contribution in [1.82, 2.24) is 19.6 Å². The van der Waals surface area contributed by atoms with E-state index in [0.29, 0.717) is 11.5 Å². The first-order chi connectivity index (χ1) is 10.9. The van der Waals surface area contributed by atoms with E-state index in [2.05, 4.69) is 15.1 Å². The smallest absolute Gasteiger partial charge is 0.383 e. The van der Waals surface area contributed by atoms with Crippen LogP contribution in [0.1, 0.15) is 38.7 Å². The summed E-state index contributed by atoms with van der Waals surface area (Å²) >= 11 is 0. The Morgan fingerprint density at radius 2 is 1.74 bits per heavy atom. The van der Waals surface area contributed by atoms with Crippen molar-refractivity contribution in [3.8, 4) is 5.75 Å². The lowest BCUT2D eigenvalue weighted by Crippen LogP contribution is -2.13. The second kappa shape index (κ2) is 5.46. The highest BCUT2D eigenvalue weighted by molar-refractivity contribution is 5.88. The highest BCUT2D eigenvalue weighted by Crippen LogP contribution is 2.26. The third-order valence-corrected chi connectivity index (χ3v) is 3.87. The third-order valence-electron chi connectivity index (χ3n) is 3.87. The minimum atomic E-state index is -0.579. The number of ether oxygens (including phenoxy) is 1. The molecule has 0 saturated carbocycles. The first-order valence-electron chi connectivity index (χ1n) is 7.37. The van der Waals surface area contributed by atoms with Crippen LogP contribution in [-0.4, -0.2) is 25.6 Å². The molecule has 0 amide bonds. The summed E-state index contributed by atoms with van der Waals surface area (Å²) in [6, 6.07) is 5.81.